The highest BCUT2D eigenvalue weighted by atomic mass is 19.3. The first-order valence-electron chi connectivity index (χ1n) is 10.6. The molecule has 0 amide bonds. The summed E-state index contributed by atoms with van der Waals surface area (Å²) in [6, 6.07) is 7.19. The van der Waals surface area contributed by atoms with Crippen molar-refractivity contribution in [2.24, 2.45) is 5.92 Å². The first-order valence-corrected chi connectivity index (χ1v) is 10.6. The van der Waals surface area contributed by atoms with Crippen molar-refractivity contribution in [1.29, 1.82) is 5.41 Å². The number of alkyl halides is 2. The fraction of sp³-hybridized carbons (Fsp3) is 0.409. The van der Waals surface area contributed by atoms with Crippen molar-refractivity contribution < 1.29 is 13.2 Å². The van der Waals surface area contributed by atoms with Crippen molar-refractivity contribution in [3.63, 3.8) is 0 Å². The van der Waals surface area contributed by atoms with E-state index >= 15 is 0 Å². The van der Waals surface area contributed by atoms with Crippen molar-refractivity contribution in [2.75, 3.05) is 42.1 Å². The molecule has 0 radical (unpaired) electrons. The van der Waals surface area contributed by atoms with Crippen LogP contribution in [0.3, 0.4) is 0 Å². The Kier molecular flexibility index (Phi) is 6.50. The molecule has 32 heavy (non-hydrogen) atoms. The van der Waals surface area contributed by atoms with Crippen molar-refractivity contribution in [1.82, 2.24) is 15.3 Å². The van der Waals surface area contributed by atoms with Gasteiger partial charge >= 0.3 is 0 Å². The molecule has 0 unspecified atom stereocenters. The van der Waals surface area contributed by atoms with E-state index in [0.29, 0.717) is 52.3 Å². The lowest BCUT2D eigenvalue weighted by atomic mass is 9.97. The Bertz CT molecular complexity index is 1090. The van der Waals surface area contributed by atoms with Gasteiger partial charge in [-0.15, -0.1) is 0 Å². The predicted octanol–water partition coefficient (Wildman–Crippen LogP) is 4.01. The molecule has 0 saturated carbocycles. The number of nitrogens with one attached hydrogen (secondary N) is 3. The zero-order valence-corrected chi connectivity index (χ0v) is 17.9. The highest BCUT2D eigenvalue weighted by molar-refractivity contribution is 6.01. The lowest BCUT2D eigenvalue weighted by Gasteiger charge is -2.33. The van der Waals surface area contributed by atoms with E-state index in [2.05, 4.69) is 20.5 Å². The lowest BCUT2D eigenvalue weighted by Crippen LogP contribution is -2.38. The molecule has 1 aliphatic rings. The van der Waals surface area contributed by atoms with E-state index in [1.165, 1.54) is 0 Å². The van der Waals surface area contributed by atoms with Gasteiger partial charge in [0.15, 0.2) is 11.4 Å². The number of halogens is 2. The van der Waals surface area contributed by atoms with Crippen molar-refractivity contribution in [3.8, 4) is 0 Å². The number of furan rings is 1. The lowest BCUT2D eigenvalue weighted by molar-refractivity contribution is 0.143. The van der Waals surface area contributed by atoms with Crippen LogP contribution >= 0.6 is 0 Å². The molecule has 0 atom stereocenters. The predicted molar refractivity (Wildman–Crippen MR) is 122 cm³/mol. The second-order valence-electron chi connectivity index (χ2n) is 8.04. The van der Waals surface area contributed by atoms with Gasteiger partial charge < -0.3 is 31.1 Å². The highest BCUT2D eigenvalue weighted by Gasteiger charge is 2.24. The van der Waals surface area contributed by atoms with E-state index < -0.39 is 6.43 Å². The molecule has 170 valence electrons. The molecule has 5 N–H and O–H groups in total. The first-order chi connectivity index (χ1) is 15.4. The maximum absolute atomic E-state index is 12.3. The number of fused-ring (bicyclic) bond motifs is 1. The minimum absolute atomic E-state index is 0.265. The monoisotopic (exact) mass is 443 g/mol. The van der Waals surface area contributed by atoms with Gasteiger partial charge in [-0.05, 0) is 50.4 Å². The van der Waals surface area contributed by atoms with Crippen LogP contribution in [0.25, 0.3) is 11.1 Å². The molecular formula is C22H27F2N7O. The van der Waals surface area contributed by atoms with Gasteiger partial charge in [-0.1, -0.05) is 0 Å². The van der Waals surface area contributed by atoms with Crippen molar-refractivity contribution >= 4 is 40.0 Å². The average molecular weight is 444 g/mol. The van der Waals surface area contributed by atoms with Crippen molar-refractivity contribution in [2.45, 2.75) is 26.2 Å². The van der Waals surface area contributed by atoms with Gasteiger partial charge in [0.1, 0.15) is 5.52 Å². The molecule has 10 heteroatoms. The number of rotatable bonds is 8. The fourth-order valence-electron chi connectivity index (χ4n) is 3.97. The summed E-state index contributed by atoms with van der Waals surface area (Å²) in [4.78, 5) is 11.4. The summed E-state index contributed by atoms with van der Waals surface area (Å²) in [6.07, 6.45) is 1.03. The van der Waals surface area contributed by atoms with Crippen LogP contribution in [0.2, 0.25) is 0 Å². The second kappa shape index (κ2) is 9.47. The molecule has 1 aromatic carbocycles. The molecule has 3 aromatic rings. The Balaban J connectivity index is 1.49. The molecule has 0 spiro atoms. The quantitative estimate of drug-likeness (QED) is 0.307. The standard InChI is InChI=1S/C22H27F2N7O/c1-13(25)16-3-2-15(10-17(16)26)28-22-29-18-6-9-32-20(18)21(30-22)31-7-4-14(5-8-31)11-27-12-19(23)24/h2-3,6,9-10,14,19,25,27H,4-5,7-8,11-12,26H2,1H3,(H,28,29,30). The Hall–Kier alpha value is -3.27. The highest BCUT2D eigenvalue weighted by Crippen LogP contribution is 2.31. The molecule has 2 aromatic heterocycles. The fourth-order valence-corrected chi connectivity index (χ4v) is 3.97. The third kappa shape index (κ3) is 4.96. The number of nitrogens with two attached hydrogens (primary N) is 1. The van der Waals surface area contributed by atoms with E-state index in [4.69, 9.17) is 20.5 Å². The van der Waals surface area contributed by atoms with Crippen LogP contribution in [0.15, 0.2) is 34.9 Å². The zero-order chi connectivity index (χ0) is 22.7. The smallest absolute Gasteiger partial charge is 0.250 e. The van der Waals surface area contributed by atoms with Gasteiger partial charge in [0.05, 0.1) is 12.8 Å². The Morgan fingerprint density at radius 3 is 2.75 bits per heavy atom. The Morgan fingerprint density at radius 1 is 1.28 bits per heavy atom. The summed E-state index contributed by atoms with van der Waals surface area (Å²) in [6.45, 7) is 3.54. The number of nitrogen functional groups attached to an aromatic ring is 1. The minimum atomic E-state index is -2.32. The van der Waals surface area contributed by atoms with E-state index in [0.717, 1.165) is 31.6 Å². The summed E-state index contributed by atoms with van der Waals surface area (Å²) < 4.78 is 30.3. The van der Waals surface area contributed by atoms with Crippen molar-refractivity contribution in [3.05, 3.63) is 36.1 Å². The number of hydrogen-bond acceptors (Lipinski definition) is 8. The summed E-state index contributed by atoms with van der Waals surface area (Å²) >= 11 is 0. The molecule has 4 rings (SSSR count). The third-order valence-electron chi connectivity index (χ3n) is 5.64. The third-order valence-corrected chi connectivity index (χ3v) is 5.64. The average Bonchev–Trinajstić information content (AvgIpc) is 3.22. The maximum Gasteiger partial charge on any atom is 0.250 e. The Morgan fingerprint density at radius 2 is 2.06 bits per heavy atom. The van der Waals surface area contributed by atoms with Gasteiger partial charge in [-0.2, -0.15) is 4.98 Å². The molecule has 1 saturated heterocycles. The van der Waals surface area contributed by atoms with Crippen LogP contribution < -0.4 is 21.3 Å². The normalized spacial score (nSPS) is 14.9. The van der Waals surface area contributed by atoms with Gasteiger partial charge in [0, 0.05) is 41.8 Å². The molecular weight excluding hydrogens is 416 g/mol. The summed E-state index contributed by atoms with van der Waals surface area (Å²) in [5.74, 6) is 1.49. The van der Waals surface area contributed by atoms with Crippen LogP contribution in [0.1, 0.15) is 25.3 Å². The number of piperidine rings is 1. The summed E-state index contributed by atoms with van der Waals surface area (Å²) in [5.41, 5.74) is 9.71. The van der Waals surface area contributed by atoms with Crippen LogP contribution in [0.5, 0.6) is 0 Å². The number of hydrogen-bond donors (Lipinski definition) is 4. The topological polar surface area (TPSA) is 116 Å². The first kappa shape index (κ1) is 21.9. The van der Waals surface area contributed by atoms with Gasteiger partial charge in [-0.25, -0.2) is 13.8 Å². The molecule has 1 fully saturated rings. The van der Waals surface area contributed by atoms with Gasteiger partial charge in [0.2, 0.25) is 5.95 Å². The molecule has 0 aliphatic carbocycles. The summed E-state index contributed by atoms with van der Waals surface area (Å²) in [5, 5.41) is 13.8. The molecule has 8 nitrogen and oxygen atoms in total. The van der Waals surface area contributed by atoms with E-state index in [-0.39, 0.29) is 6.54 Å². The number of aromatic nitrogens is 2. The van der Waals surface area contributed by atoms with Crippen LogP contribution in [0.4, 0.5) is 31.9 Å². The molecule has 0 bridgehead atoms. The number of benzene rings is 1. The van der Waals surface area contributed by atoms with E-state index in [9.17, 15) is 8.78 Å². The second-order valence-corrected chi connectivity index (χ2v) is 8.04. The van der Waals surface area contributed by atoms with Gasteiger partial charge in [-0.3, -0.25) is 0 Å². The number of nitrogens with zero attached hydrogens (tertiary/aromatic N) is 3. The maximum atomic E-state index is 12.3. The minimum Gasteiger partial charge on any atom is -0.459 e. The van der Waals surface area contributed by atoms with Crippen LogP contribution in [0, 0.1) is 11.3 Å². The number of anilines is 4. The van der Waals surface area contributed by atoms with Gasteiger partial charge in [0.25, 0.3) is 6.43 Å². The summed E-state index contributed by atoms with van der Waals surface area (Å²) in [7, 11) is 0. The molecule has 1 aliphatic heterocycles. The SMILES string of the molecule is CC(=N)c1ccc(Nc2nc(N3CCC(CNCC(F)F)CC3)c3occc3n2)cc1N. The van der Waals surface area contributed by atoms with Crippen LogP contribution in [-0.2, 0) is 0 Å². The molecule has 3 heterocycles. The largest absolute Gasteiger partial charge is 0.459 e. The van der Waals surface area contributed by atoms with E-state index in [1.54, 1.807) is 31.4 Å². The van der Waals surface area contributed by atoms with E-state index in [1.807, 2.05) is 6.07 Å². The van der Waals surface area contributed by atoms with Crippen LogP contribution in [-0.4, -0.2) is 48.3 Å². The Labute approximate surface area is 184 Å². The zero-order valence-electron chi connectivity index (χ0n) is 17.9.